The molecule has 0 saturated heterocycles. The van der Waals surface area contributed by atoms with Crippen molar-refractivity contribution in [3.8, 4) is 79.7 Å². The molecule has 2 aromatic carbocycles. The quantitative estimate of drug-likeness (QED) is 0.0463. The minimum Gasteiger partial charge on any atom is -0.491 e. The SMILES string of the molecule is COCCOCCOc1cc(C#C[Si](C)(C)C)cc(-n2cc(-c3ccnc(-c4cc(-c5cn(-c6cc(C#C[Si](C)(C)C)cc(OCCOCCOC)c6)nn5)ccn4)c3)nn2)c1. The summed E-state index contributed by atoms with van der Waals surface area (Å²) >= 11 is 0. The van der Waals surface area contributed by atoms with Crippen LogP contribution in [0.2, 0.25) is 39.3 Å². The van der Waals surface area contributed by atoms with Gasteiger partial charge in [0.05, 0.1) is 74.8 Å². The maximum Gasteiger partial charge on any atom is 0.129 e. The van der Waals surface area contributed by atoms with E-state index in [0.29, 0.717) is 87.1 Å². The highest BCUT2D eigenvalue weighted by Crippen LogP contribution is 2.28. The first kappa shape index (κ1) is 45.5. The van der Waals surface area contributed by atoms with Crippen LogP contribution < -0.4 is 9.47 Å². The molecule has 0 saturated carbocycles. The van der Waals surface area contributed by atoms with E-state index in [1.54, 1.807) is 36.0 Å². The standard InChI is InChI=1S/C46H54N8O6Si2/c1-55-15-17-57-19-21-59-41-27-35(11-23-61(3,4)5)25-39(31-41)53-33-45(49-51-53)37-9-13-47-43(29-37)44-30-38(10-14-48-44)46-34-54(52-50-46)40-26-36(12-24-62(6,7)8)28-42(32-40)60-22-20-58-18-16-56-2/h9-10,13-14,25-34H,15-22H2,1-8H3. The molecule has 6 rings (SSSR count). The van der Waals surface area contributed by atoms with Gasteiger partial charge in [0.25, 0.3) is 0 Å². The molecule has 4 heterocycles. The number of ether oxygens (including phenoxy) is 6. The molecule has 0 spiro atoms. The lowest BCUT2D eigenvalue weighted by Crippen LogP contribution is -2.16. The highest BCUT2D eigenvalue weighted by Gasteiger charge is 2.15. The van der Waals surface area contributed by atoms with Gasteiger partial charge in [-0.15, -0.1) is 21.3 Å². The van der Waals surface area contributed by atoms with Gasteiger partial charge >= 0.3 is 0 Å². The smallest absolute Gasteiger partial charge is 0.129 e. The molecule has 0 aliphatic heterocycles. The van der Waals surface area contributed by atoms with Gasteiger partial charge < -0.3 is 28.4 Å². The average Bonchev–Trinajstić information content (AvgIpc) is 3.96. The number of hydrogen-bond donors (Lipinski definition) is 0. The van der Waals surface area contributed by atoms with Crippen molar-refractivity contribution in [3.05, 3.63) is 96.6 Å². The summed E-state index contributed by atoms with van der Waals surface area (Å²) in [7, 11) is 0.0398. The molecule has 62 heavy (non-hydrogen) atoms. The van der Waals surface area contributed by atoms with E-state index in [4.69, 9.17) is 28.4 Å². The van der Waals surface area contributed by atoms with Crippen LogP contribution in [0, 0.1) is 22.9 Å². The van der Waals surface area contributed by atoms with Crippen LogP contribution in [0.5, 0.6) is 11.5 Å². The first-order chi connectivity index (χ1) is 29.9. The maximum absolute atomic E-state index is 6.07. The molecule has 0 atom stereocenters. The van der Waals surface area contributed by atoms with Crippen molar-refractivity contribution >= 4 is 16.1 Å². The topological polar surface area (TPSA) is 143 Å². The fourth-order valence-corrected chi connectivity index (χ4v) is 6.73. The molecule has 0 N–H and O–H groups in total. The second-order valence-electron chi connectivity index (χ2n) is 16.3. The van der Waals surface area contributed by atoms with E-state index >= 15 is 0 Å². The van der Waals surface area contributed by atoms with Crippen molar-refractivity contribution in [1.29, 1.82) is 0 Å². The van der Waals surface area contributed by atoms with Gasteiger partial charge in [0, 0.05) is 61.0 Å². The zero-order valence-corrected chi connectivity index (χ0v) is 38.8. The number of aromatic nitrogens is 8. The van der Waals surface area contributed by atoms with Gasteiger partial charge in [-0.25, -0.2) is 9.36 Å². The van der Waals surface area contributed by atoms with Crippen LogP contribution in [0.3, 0.4) is 0 Å². The predicted molar refractivity (Wildman–Crippen MR) is 245 cm³/mol. The van der Waals surface area contributed by atoms with Gasteiger partial charge in [0.2, 0.25) is 0 Å². The van der Waals surface area contributed by atoms with E-state index in [1.807, 2.05) is 73.1 Å². The fraction of sp³-hybridized carbons (Fsp3) is 0.348. The third-order valence-corrected chi connectivity index (χ3v) is 10.4. The van der Waals surface area contributed by atoms with Crippen molar-refractivity contribution in [2.75, 3.05) is 67.1 Å². The van der Waals surface area contributed by atoms with Gasteiger partial charge in [0.1, 0.15) is 52.2 Å². The Kier molecular flexibility index (Phi) is 15.9. The Bertz CT molecular complexity index is 2370. The van der Waals surface area contributed by atoms with Crippen molar-refractivity contribution < 1.29 is 28.4 Å². The Morgan fingerprint density at radius 2 is 0.919 bits per heavy atom. The van der Waals surface area contributed by atoms with Crippen molar-refractivity contribution in [1.82, 2.24) is 40.0 Å². The summed E-state index contributed by atoms with van der Waals surface area (Å²) in [5, 5.41) is 18.0. The number of nitrogens with zero attached hydrogens (tertiary/aromatic N) is 8. The van der Waals surface area contributed by atoms with Gasteiger partial charge in [0.15, 0.2) is 0 Å². The van der Waals surface area contributed by atoms with Gasteiger partial charge in [-0.3, -0.25) is 9.97 Å². The molecule has 14 nitrogen and oxygen atoms in total. The van der Waals surface area contributed by atoms with E-state index < -0.39 is 16.1 Å². The molecule has 4 aromatic heterocycles. The molecular formula is C46H54N8O6Si2. The Labute approximate surface area is 365 Å². The van der Waals surface area contributed by atoms with E-state index in [9.17, 15) is 0 Å². The van der Waals surface area contributed by atoms with Gasteiger partial charge in [-0.1, -0.05) is 61.5 Å². The predicted octanol–water partition coefficient (Wildman–Crippen LogP) is 7.18. The van der Waals surface area contributed by atoms with Crippen LogP contribution >= 0.6 is 0 Å². The first-order valence-corrected chi connectivity index (χ1v) is 27.4. The van der Waals surface area contributed by atoms with Crippen LogP contribution in [0.25, 0.3) is 45.3 Å². The normalized spacial score (nSPS) is 11.4. The number of rotatable bonds is 19. The lowest BCUT2D eigenvalue weighted by molar-refractivity contribution is 0.0544. The summed E-state index contributed by atoms with van der Waals surface area (Å²) in [4.78, 5) is 9.32. The maximum atomic E-state index is 6.07. The summed E-state index contributed by atoms with van der Waals surface area (Å²) in [5.41, 5.74) is 14.4. The van der Waals surface area contributed by atoms with Crippen molar-refractivity contribution in [2.24, 2.45) is 0 Å². The van der Waals surface area contributed by atoms with Crippen molar-refractivity contribution in [2.45, 2.75) is 39.3 Å². The van der Waals surface area contributed by atoms with Crippen LogP contribution in [0.1, 0.15) is 11.1 Å². The molecule has 16 heteroatoms. The Morgan fingerprint density at radius 3 is 1.32 bits per heavy atom. The highest BCUT2D eigenvalue weighted by atomic mass is 28.3. The van der Waals surface area contributed by atoms with E-state index in [2.05, 4.69) is 92.8 Å². The molecule has 0 aliphatic carbocycles. The van der Waals surface area contributed by atoms with Gasteiger partial charge in [-0.2, -0.15) is 0 Å². The molecule has 0 fully saturated rings. The van der Waals surface area contributed by atoms with Crippen LogP contribution in [-0.4, -0.2) is 123 Å². The van der Waals surface area contributed by atoms with Gasteiger partial charge in [-0.05, 0) is 48.5 Å². The van der Waals surface area contributed by atoms with E-state index in [0.717, 1.165) is 33.6 Å². The number of hydrogen-bond acceptors (Lipinski definition) is 12. The monoisotopic (exact) mass is 870 g/mol. The molecule has 0 bridgehead atoms. The van der Waals surface area contributed by atoms with Crippen LogP contribution in [0.4, 0.5) is 0 Å². The summed E-state index contributed by atoms with van der Waals surface area (Å²) in [6, 6.07) is 19.4. The van der Waals surface area contributed by atoms with Crippen LogP contribution in [0.15, 0.2) is 85.5 Å². The second-order valence-corrected chi connectivity index (χ2v) is 25.8. The highest BCUT2D eigenvalue weighted by molar-refractivity contribution is 6.84. The van der Waals surface area contributed by atoms with E-state index in [1.165, 1.54) is 0 Å². The lowest BCUT2D eigenvalue weighted by Gasteiger charge is -2.10. The molecular weight excluding hydrogens is 817 g/mol. The Hall–Kier alpha value is -5.99. The number of methoxy groups -OCH3 is 2. The fourth-order valence-electron chi connectivity index (χ4n) is 5.69. The largest absolute Gasteiger partial charge is 0.491 e. The molecule has 0 amide bonds. The Balaban J connectivity index is 1.21. The third kappa shape index (κ3) is 14.0. The summed E-state index contributed by atoms with van der Waals surface area (Å²) in [5.74, 6) is 8.04. The minimum atomic E-state index is -1.63. The second kappa shape index (κ2) is 21.7. The molecule has 0 unspecified atom stereocenters. The molecule has 0 aliphatic rings. The van der Waals surface area contributed by atoms with Crippen molar-refractivity contribution in [3.63, 3.8) is 0 Å². The summed E-state index contributed by atoms with van der Waals surface area (Å²) in [6.07, 6.45) is 7.24. The number of benzene rings is 2. The zero-order chi connectivity index (χ0) is 44.0. The first-order valence-electron chi connectivity index (χ1n) is 20.4. The average molecular weight is 871 g/mol. The molecule has 322 valence electrons. The number of pyridine rings is 2. The lowest BCUT2D eigenvalue weighted by atomic mass is 10.1. The summed E-state index contributed by atoms with van der Waals surface area (Å²) < 4.78 is 36.9. The molecule has 6 aromatic rings. The van der Waals surface area contributed by atoms with Crippen LogP contribution in [-0.2, 0) is 18.9 Å². The minimum absolute atomic E-state index is 0.385. The zero-order valence-electron chi connectivity index (χ0n) is 36.8. The summed E-state index contributed by atoms with van der Waals surface area (Å²) in [6.45, 7) is 17.0. The third-order valence-electron chi connectivity index (χ3n) is 8.69. The van der Waals surface area contributed by atoms with E-state index in [-0.39, 0.29) is 0 Å². The molecule has 0 radical (unpaired) electrons. The Morgan fingerprint density at radius 1 is 0.500 bits per heavy atom.